The van der Waals surface area contributed by atoms with Gasteiger partial charge in [0.05, 0.1) is 18.2 Å². The van der Waals surface area contributed by atoms with Crippen LogP contribution in [0.1, 0.15) is 16.7 Å². The molecule has 144 valence electrons. The van der Waals surface area contributed by atoms with Crippen LogP contribution in [0.4, 0.5) is 0 Å². The van der Waals surface area contributed by atoms with Gasteiger partial charge in [-0.05, 0) is 35.4 Å². The molecule has 2 aromatic carbocycles. The van der Waals surface area contributed by atoms with Gasteiger partial charge in [0.15, 0.2) is 5.96 Å². The molecule has 1 heterocycles. The molecule has 6 nitrogen and oxygen atoms in total. The molecule has 1 fully saturated rings. The van der Waals surface area contributed by atoms with Crippen molar-refractivity contribution in [2.45, 2.75) is 13.1 Å². The van der Waals surface area contributed by atoms with Gasteiger partial charge in [-0.25, -0.2) is 0 Å². The van der Waals surface area contributed by atoms with Gasteiger partial charge < -0.3 is 15.1 Å². The van der Waals surface area contributed by atoms with E-state index in [2.05, 4.69) is 16.4 Å². The fourth-order valence-electron chi connectivity index (χ4n) is 3.08. The van der Waals surface area contributed by atoms with E-state index in [4.69, 9.17) is 16.9 Å². The second-order valence-corrected chi connectivity index (χ2v) is 7.01. The highest BCUT2D eigenvalue weighted by molar-refractivity contribution is 6.30. The molecule has 7 heteroatoms. The van der Waals surface area contributed by atoms with Crippen LogP contribution in [0.3, 0.4) is 0 Å². The van der Waals surface area contributed by atoms with E-state index in [-0.39, 0.29) is 5.91 Å². The Labute approximate surface area is 170 Å². The number of piperazine rings is 1. The van der Waals surface area contributed by atoms with Gasteiger partial charge in [-0.15, -0.1) is 0 Å². The van der Waals surface area contributed by atoms with Crippen molar-refractivity contribution >= 4 is 23.5 Å². The van der Waals surface area contributed by atoms with E-state index in [9.17, 15) is 4.79 Å². The minimum absolute atomic E-state index is 0.0718. The van der Waals surface area contributed by atoms with Gasteiger partial charge in [-0.1, -0.05) is 35.9 Å². The molecule has 3 rings (SSSR count). The molecule has 0 bridgehead atoms. The smallest absolute Gasteiger partial charge is 0.242 e. The van der Waals surface area contributed by atoms with Crippen LogP contribution in [-0.4, -0.2) is 48.3 Å². The SMILES string of the molecule is CN=C(NCc1ccc(C#N)cc1)N1CCN(Cc2ccc(Cl)cc2)C(=O)C1. The first-order chi connectivity index (χ1) is 13.6. The molecule has 0 spiro atoms. The molecule has 1 aliphatic rings. The maximum Gasteiger partial charge on any atom is 0.242 e. The van der Waals surface area contributed by atoms with Gasteiger partial charge in [0.2, 0.25) is 5.91 Å². The van der Waals surface area contributed by atoms with Crippen molar-refractivity contribution in [2.24, 2.45) is 4.99 Å². The Morgan fingerprint density at radius 3 is 2.43 bits per heavy atom. The Hall–Kier alpha value is -3.04. The number of nitrogens with zero attached hydrogens (tertiary/aromatic N) is 4. The molecule has 0 aromatic heterocycles. The van der Waals surface area contributed by atoms with Gasteiger partial charge in [0.1, 0.15) is 0 Å². The average Bonchev–Trinajstić information content (AvgIpc) is 2.72. The predicted octanol–water partition coefficient (Wildman–Crippen LogP) is 2.63. The first-order valence-electron chi connectivity index (χ1n) is 9.06. The largest absolute Gasteiger partial charge is 0.352 e. The van der Waals surface area contributed by atoms with Crippen LogP contribution in [0.5, 0.6) is 0 Å². The fourth-order valence-corrected chi connectivity index (χ4v) is 3.20. The number of hydrogen-bond acceptors (Lipinski definition) is 3. The second-order valence-electron chi connectivity index (χ2n) is 6.57. The summed E-state index contributed by atoms with van der Waals surface area (Å²) >= 11 is 5.92. The molecule has 1 amide bonds. The van der Waals surface area contributed by atoms with E-state index < -0.39 is 0 Å². The molecule has 1 saturated heterocycles. The molecule has 2 aromatic rings. The second kappa shape index (κ2) is 9.25. The van der Waals surface area contributed by atoms with E-state index in [0.29, 0.717) is 49.3 Å². The van der Waals surface area contributed by atoms with Crippen molar-refractivity contribution in [3.63, 3.8) is 0 Å². The topological polar surface area (TPSA) is 71.7 Å². The van der Waals surface area contributed by atoms with Gasteiger partial charge in [-0.3, -0.25) is 9.79 Å². The Morgan fingerprint density at radius 2 is 1.82 bits per heavy atom. The highest BCUT2D eigenvalue weighted by atomic mass is 35.5. The lowest BCUT2D eigenvalue weighted by Gasteiger charge is -2.36. The quantitative estimate of drug-likeness (QED) is 0.638. The minimum Gasteiger partial charge on any atom is -0.352 e. The fraction of sp³-hybridized carbons (Fsp3) is 0.286. The molecule has 0 saturated carbocycles. The van der Waals surface area contributed by atoms with Gasteiger partial charge in [0.25, 0.3) is 0 Å². The summed E-state index contributed by atoms with van der Waals surface area (Å²) in [5.41, 5.74) is 2.75. The Morgan fingerprint density at radius 1 is 1.14 bits per heavy atom. The third-order valence-electron chi connectivity index (χ3n) is 4.65. The summed E-state index contributed by atoms with van der Waals surface area (Å²) in [6.07, 6.45) is 0. The van der Waals surface area contributed by atoms with Gasteiger partial charge in [-0.2, -0.15) is 5.26 Å². The lowest BCUT2D eigenvalue weighted by Crippen LogP contribution is -2.54. The lowest BCUT2D eigenvalue weighted by atomic mass is 10.1. The zero-order valence-corrected chi connectivity index (χ0v) is 16.5. The van der Waals surface area contributed by atoms with Crippen molar-refractivity contribution in [3.8, 4) is 6.07 Å². The standard InChI is InChI=1S/C21H22ClN5O/c1-24-21(25-13-17-4-2-16(12-23)3-5-17)27-11-10-26(20(28)15-27)14-18-6-8-19(22)9-7-18/h2-9H,10-11,13-15H2,1H3,(H,24,25). The zero-order valence-electron chi connectivity index (χ0n) is 15.7. The van der Waals surface area contributed by atoms with E-state index in [1.54, 1.807) is 19.2 Å². The first kappa shape index (κ1) is 19.7. The number of aliphatic imine (C=N–C) groups is 1. The summed E-state index contributed by atoms with van der Waals surface area (Å²) in [6.45, 7) is 2.81. The van der Waals surface area contributed by atoms with Crippen LogP contribution < -0.4 is 5.32 Å². The van der Waals surface area contributed by atoms with Crippen molar-refractivity contribution in [1.29, 1.82) is 5.26 Å². The maximum atomic E-state index is 12.6. The van der Waals surface area contributed by atoms with Crippen LogP contribution >= 0.6 is 11.6 Å². The average molecular weight is 396 g/mol. The van der Waals surface area contributed by atoms with E-state index in [1.165, 1.54) is 0 Å². The Balaban J connectivity index is 1.54. The highest BCUT2D eigenvalue weighted by Crippen LogP contribution is 2.14. The van der Waals surface area contributed by atoms with Crippen LogP contribution in [-0.2, 0) is 17.9 Å². The zero-order chi connectivity index (χ0) is 19.9. The number of carbonyl (C=O) groups excluding carboxylic acids is 1. The summed E-state index contributed by atoms with van der Waals surface area (Å²) in [6, 6.07) is 17.1. The maximum absolute atomic E-state index is 12.6. The molecular weight excluding hydrogens is 374 g/mol. The number of nitriles is 1. The number of guanidine groups is 1. The summed E-state index contributed by atoms with van der Waals surface area (Å²) in [5.74, 6) is 0.770. The Bertz CT molecular complexity index is 887. The van der Waals surface area contributed by atoms with Crippen LogP contribution in [0, 0.1) is 11.3 Å². The summed E-state index contributed by atoms with van der Waals surface area (Å²) in [7, 11) is 1.71. The predicted molar refractivity (Wildman–Crippen MR) is 110 cm³/mol. The number of carbonyl (C=O) groups is 1. The number of nitrogens with one attached hydrogen (secondary N) is 1. The number of benzene rings is 2. The monoisotopic (exact) mass is 395 g/mol. The molecule has 0 unspecified atom stereocenters. The Kier molecular flexibility index (Phi) is 6.51. The van der Waals surface area contributed by atoms with Crippen LogP contribution in [0.25, 0.3) is 0 Å². The van der Waals surface area contributed by atoms with Crippen molar-refractivity contribution < 1.29 is 4.79 Å². The third-order valence-corrected chi connectivity index (χ3v) is 4.90. The summed E-state index contributed by atoms with van der Waals surface area (Å²) in [4.78, 5) is 20.7. The molecule has 28 heavy (non-hydrogen) atoms. The lowest BCUT2D eigenvalue weighted by molar-refractivity contribution is -0.135. The van der Waals surface area contributed by atoms with Crippen molar-refractivity contribution in [2.75, 3.05) is 26.7 Å². The number of amides is 1. The van der Waals surface area contributed by atoms with Crippen molar-refractivity contribution in [1.82, 2.24) is 15.1 Å². The number of halogens is 1. The molecule has 1 N–H and O–H groups in total. The normalized spacial score (nSPS) is 14.8. The van der Waals surface area contributed by atoms with E-state index >= 15 is 0 Å². The van der Waals surface area contributed by atoms with E-state index in [0.717, 1.165) is 11.1 Å². The third kappa shape index (κ3) is 5.02. The van der Waals surface area contributed by atoms with Crippen LogP contribution in [0.2, 0.25) is 5.02 Å². The minimum atomic E-state index is 0.0718. The van der Waals surface area contributed by atoms with Gasteiger partial charge in [0, 0.05) is 38.2 Å². The van der Waals surface area contributed by atoms with E-state index in [1.807, 2.05) is 46.2 Å². The summed E-state index contributed by atoms with van der Waals surface area (Å²) in [5, 5.41) is 12.9. The molecule has 1 aliphatic heterocycles. The molecular formula is C21H22ClN5O. The van der Waals surface area contributed by atoms with Gasteiger partial charge >= 0.3 is 0 Å². The van der Waals surface area contributed by atoms with Crippen LogP contribution in [0.15, 0.2) is 53.5 Å². The summed E-state index contributed by atoms with van der Waals surface area (Å²) < 4.78 is 0. The molecule has 0 atom stereocenters. The van der Waals surface area contributed by atoms with Crippen molar-refractivity contribution in [3.05, 3.63) is 70.2 Å². The molecule has 0 radical (unpaired) electrons. The number of hydrogen-bond donors (Lipinski definition) is 1. The molecule has 0 aliphatic carbocycles. The highest BCUT2D eigenvalue weighted by Gasteiger charge is 2.25. The first-order valence-corrected chi connectivity index (χ1v) is 9.43. The number of rotatable bonds is 4.